The van der Waals surface area contributed by atoms with Gasteiger partial charge in [0.25, 0.3) is 5.91 Å². The SMILES string of the molecule is CNCc1cc(Br)c(OC(C)C(=O)NC(C)C)c(Br)c1. The van der Waals surface area contributed by atoms with Gasteiger partial charge in [0.15, 0.2) is 6.10 Å². The zero-order valence-electron chi connectivity index (χ0n) is 12.1. The third-order valence-electron chi connectivity index (χ3n) is 2.53. The molecule has 1 unspecified atom stereocenters. The van der Waals surface area contributed by atoms with E-state index in [4.69, 9.17) is 4.74 Å². The predicted octanol–water partition coefficient (Wildman–Crippen LogP) is 3.22. The van der Waals surface area contributed by atoms with Crippen molar-refractivity contribution in [2.24, 2.45) is 0 Å². The highest BCUT2D eigenvalue weighted by atomic mass is 79.9. The number of amides is 1. The number of rotatable bonds is 6. The number of carbonyl (C=O) groups excluding carboxylic acids is 1. The predicted molar refractivity (Wildman–Crippen MR) is 88.0 cm³/mol. The van der Waals surface area contributed by atoms with Gasteiger partial charge in [0.1, 0.15) is 5.75 Å². The number of benzene rings is 1. The molecule has 112 valence electrons. The Hall–Kier alpha value is -0.590. The number of carbonyl (C=O) groups is 1. The fraction of sp³-hybridized carbons (Fsp3) is 0.500. The normalized spacial score (nSPS) is 12.3. The van der Waals surface area contributed by atoms with Crippen LogP contribution >= 0.6 is 31.9 Å². The van der Waals surface area contributed by atoms with E-state index in [1.807, 2.05) is 33.0 Å². The van der Waals surface area contributed by atoms with Crippen molar-refractivity contribution < 1.29 is 9.53 Å². The van der Waals surface area contributed by atoms with Crippen LogP contribution in [-0.2, 0) is 11.3 Å². The number of hydrogen-bond acceptors (Lipinski definition) is 3. The molecule has 0 spiro atoms. The molecule has 1 amide bonds. The first-order valence-corrected chi connectivity index (χ1v) is 8.03. The summed E-state index contributed by atoms with van der Waals surface area (Å²) in [6.45, 7) is 6.34. The third-order valence-corrected chi connectivity index (χ3v) is 3.71. The lowest BCUT2D eigenvalue weighted by molar-refractivity contribution is -0.127. The molecule has 0 saturated carbocycles. The second kappa shape index (κ2) is 8.00. The first kappa shape index (κ1) is 17.5. The second-order valence-corrected chi connectivity index (χ2v) is 6.55. The Labute approximate surface area is 136 Å². The molecule has 20 heavy (non-hydrogen) atoms. The van der Waals surface area contributed by atoms with Gasteiger partial charge in [-0.15, -0.1) is 0 Å². The van der Waals surface area contributed by atoms with E-state index >= 15 is 0 Å². The van der Waals surface area contributed by atoms with E-state index in [9.17, 15) is 4.79 Å². The molecular formula is C14H20Br2N2O2. The van der Waals surface area contributed by atoms with Gasteiger partial charge in [0, 0.05) is 12.6 Å². The molecule has 0 radical (unpaired) electrons. The highest BCUT2D eigenvalue weighted by molar-refractivity contribution is 9.11. The zero-order valence-corrected chi connectivity index (χ0v) is 15.3. The number of hydrogen-bond donors (Lipinski definition) is 2. The summed E-state index contributed by atoms with van der Waals surface area (Å²) >= 11 is 6.96. The van der Waals surface area contributed by atoms with Crippen LogP contribution in [0.1, 0.15) is 26.3 Å². The minimum absolute atomic E-state index is 0.0958. The highest BCUT2D eigenvalue weighted by Crippen LogP contribution is 2.35. The molecule has 1 aromatic carbocycles. The molecule has 0 heterocycles. The maximum absolute atomic E-state index is 11.9. The molecule has 1 atom stereocenters. The fourth-order valence-electron chi connectivity index (χ4n) is 1.66. The van der Waals surface area contributed by atoms with Gasteiger partial charge < -0.3 is 15.4 Å². The molecular weight excluding hydrogens is 388 g/mol. The van der Waals surface area contributed by atoms with Crippen LogP contribution in [0.3, 0.4) is 0 Å². The lowest BCUT2D eigenvalue weighted by Crippen LogP contribution is -2.40. The van der Waals surface area contributed by atoms with Crippen molar-refractivity contribution in [3.63, 3.8) is 0 Å². The molecule has 1 rings (SSSR count). The Morgan fingerprint density at radius 2 is 1.80 bits per heavy atom. The van der Waals surface area contributed by atoms with E-state index in [0.29, 0.717) is 5.75 Å². The summed E-state index contributed by atoms with van der Waals surface area (Å²) in [4.78, 5) is 11.9. The number of nitrogens with one attached hydrogen (secondary N) is 2. The van der Waals surface area contributed by atoms with Crippen molar-refractivity contribution in [1.29, 1.82) is 0 Å². The minimum Gasteiger partial charge on any atom is -0.479 e. The smallest absolute Gasteiger partial charge is 0.260 e. The maximum atomic E-state index is 11.9. The Morgan fingerprint density at radius 1 is 1.25 bits per heavy atom. The second-order valence-electron chi connectivity index (χ2n) is 4.84. The average Bonchev–Trinajstić information content (AvgIpc) is 2.33. The first-order chi connectivity index (χ1) is 9.35. The van der Waals surface area contributed by atoms with Crippen LogP contribution in [0.25, 0.3) is 0 Å². The Bertz CT molecular complexity index is 455. The van der Waals surface area contributed by atoms with Gasteiger partial charge in [-0.1, -0.05) is 0 Å². The van der Waals surface area contributed by atoms with Crippen LogP contribution in [0.4, 0.5) is 0 Å². The van der Waals surface area contributed by atoms with Crippen LogP contribution in [0.2, 0.25) is 0 Å². The van der Waals surface area contributed by atoms with Crippen LogP contribution in [0, 0.1) is 0 Å². The van der Waals surface area contributed by atoms with E-state index in [-0.39, 0.29) is 11.9 Å². The Kier molecular flexibility index (Phi) is 6.99. The van der Waals surface area contributed by atoms with Gasteiger partial charge in [0.05, 0.1) is 8.95 Å². The zero-order chi connectivity index (χ0) is 15.3. The first-order valence-electron chi connectivity index (χ1n) is 6.44. The van der Waals surface area contributed by atoms with Crippen molar-refractivity contribution in [3.8, 4) is 5.75 Å². The van der Waals surface area contributed by atoms with Gasteiger partial charge >= 0.3 is 0 Å². The van der Waals surface area contributed by atoms with Crippen molar-refractivity contribution in [2.75, 3.05) is 7.05 Å². The summed E-state index contributed by atoms with van der Waals surface area (Å²) in [5, 5.41) is 5.92. The van der Waals surface area contributed by atoms with Crippen molar-refractivity contribution >= 4 is 37.8 Å². The highest BCUT2D eigenvalue weighted by Gasteiger charge is 2.18. The molecule has 0 aliphatic rings. The quantitative estimate of drug-likeness (QED) is 0.761. The van der Waals surface area contributed by atoms with Crippen molar-refractivity contribution in [3.05, 3.63) is 26.6 Å². The van der Waals surface area contributed by atoms with E-state index in [2.05, 4.69) is 42.5 Å². The summed E-state index contributed by atoms with van der Waals surface area (Å²) in [5.41, 5.74) is 1.12. The van der Waals surface area contributed by atoms with E-state index in [0.717, 1.165) is 21.1 Å². The number of halogens is 2. The lowest BCUT2D eigenvalue weighted by Gasteiger charge is -2.19. The Balaban J connectivity index is 2.84. The van der Waals surface area contributed by atoms with Gasteiger partial charge in [-0.25, -0.2) is 0 Å². The van der Waals surface area contributed by atoms with E-state index < -0.39 is 6.10 Å². The van der Waals surface area contributed by atoms with Crippen molar-refractivity contribution in [1.82, 2.24) is 10.6 Å². The molecule has 6 heteroatoms. The van der Waals surface area contributed by atoms with Gasteiger partial charge in [-0.3, -0.25) is 4.79 Å². The van der Waals surface area contributed by atoms with Gasteiger partial charge in [-0.05, 0) is 77.4 Å². The summed E-state index contributed by atoms with van der Waals surface area (Å²) in [5.74, 6) is 0.509. The molecule has 2 N–H and O–H groups in total. The molecule has 0 aromatic heterocycles. The molecule has 0 aliphatic heterocycles. The van der Waals surface area contributed by atoms with E-state index in [1.54, 1.807) is 6.92 Å². The third kappa shape index (κ3) is 5.07. The van der Waals surface area contributed by atoms with Crippen LogP contribution in [-0.4, -0.2) is 25.1 Å². The summed E-state index contributed by atoms with van der Waals surface area (Å²) in [7, 11) is 1.89. The standard InChI is InChI=1S/C14H20Br2N2O2/c1-8(2)18-14(19)9(3)20-13-11(15)5-10(7-17-4)6-12(13)16/h5-6,8-9,17H,7H2,1-4H3,(H,18,19). The maximum Gasteiger partial charge on any atom is 0.260 e. The van der Waals surface area contributed by atoms with Crippen LogP contribution in [0.15, 0.2) is 21.1 Å². The molecule has 0 fully saturated rings. The summed E-state index contributed by atoms with van der Waals surface area (Å²) in [6.07, 6.45) is -0.555. The van der Waals surface area contributed by atoms with Crippen LogP contribution in [0.5, 0.6) is 5.75 Å². The minimum atomic E-state index is -0.555. The average molecular weight is 408 g/mol. The fourth-order valence-corrected chi connectivity index (χ4v) is 3.13. The molecule has 0 bridgehead atoms. The molecule has 1 aromatic rings. The molecule has 0 aliphatic carbocycles. The topological polar surface area (TPSA) is 50.4 Å². The van der Waals surface area contributed by atoms with E-state index in [1.165, 1.54) is 0 Å². The summed E-state index contributed by atoms with van der Waals surface area (Å²) < 4.78 is 7.39. The monoisotopic (exact) mass is 406 g/mol. The van der Waals surface area contributed by atoms with Gasteiger partial charge in [-0.2, -0.15) is 0 Å². The van der Waals surface area contributed by atoms with Crippen molar-refractivity contribution in [2.45, 2.75) is 39.5 Å². The van der Waals surface area contributed by atoms with Gasteiger partial charge in [0.2, 0.25) is 0 Å². The number of ether oxygens (including phenoxy) is 1. The molecule has 4 nitrogen and oxygen atoms in total. The largest absolute Gasteiger partial charge is 0.479 e. The lowest BCUT2D eigenvalue weighted by atomic mass is 10.2. The van der Waals surface area contributed by atoms with Crippen LogP contribution < -0.4 is 15.4 Å². The molecule has 0 saturated heterocycles. The Morgan fingerprint density at radius 3 is 2.25 bits per heavy atom. The summed E-state index contributed by atoms with van der Waals surface area (Å²) in [6, 6.07) is 4.05.